The zero-order valence-corrected chi connectivity index (χ0v) is 20.4. The zero-order chi connectivity index (χ0) is 25.3. The highest BCUT2D eigenvalue weighted by Gasteiger charge is 2.55. The summed E-state index contributed by atoms with van der Waals surface area (Å²) < 4.78 is 19.6. The van der Waals surface area contributed by atoms with E-state index < -0.39 is 17.6 Å². The fourth-order valence-corrected chi connectivity index (χ4v) is 5.35. The molecule has 0 bridgehead atoms. The van der Waals surface area contributed by atoms with Crippen LogP contribution in [-0.2, 0) is 9.53 Å². The van der Waals surface area contributed by atoms with Crippen molar-refractivity contribution >= 4 is 17.7 Å². The average Bonchev–Trinajstić information content (AvgIpc) is 3.27. The second-order valence-corrected chi connectivity index (χ2v) is 9.74. The van der Waals surface area contributed by atoms with Crippen molar-refractivity contribution in [3.8, 4) is 0 Å². The maximum absolute atomic E-state index is 13.8. The molecule has 0 N–H and O–H groups in total. The van der Waals surface area contributed by atoms with Crippen LogP contribution in [0, 0.1) is 5.82 Å². The van der Waals surface area contributed by atoms with E-state index in [1.807, 2.05) is 18.0 Å². The number of carbonyl (C=O) groups is 3. The first-order chi connectivity index (χ1) is 17.4. The summed E-state index contributed by atoms with van der Waals surface area (Å²) in [5, 5.41) is 0. The summed E-state index contributed by atoms with van der Waals surface area (Å²) >= 11 is 0. The number of likely N-dealkylation sites (tertiary alicyclic amines) is 1. The van der Waals surface area contributed by atoms with Gasteiger partial charge in [0.1, 0.15) is 17.6 Å². The predicted molar refractivity (Wildman–Crippen MR) is 131 cm³/mol. The van der Waals surface area contributed by atoms with Gasteiger partial charge in [0.05, 0.1) is 6.61 Å². The number of rotatable bonds is 3. The normalized spacial score (nSPS) is 22.2. The van der Waals surface area contributed by atoms with Crippen molar-refractivity contribution in [2.45, 2.75) is 24.6 Å². The monoisotopic (exact) mass is 494 g/mol. The summed E-state index contributed by atoms with van der Waals surface area (Å²) in [5.41, 5.74) is -0.0391. The lowest BCUT2D eigenvalue weighted by Gasteiger charge is -2.45. The van der Waals surface area contributed by atoms with Crippen LogP contribution in [0.3, 0.4) is 0 Å². The van der Waals surface area contributed by atoms with Gasteiger partial charge in [-0.05, 0) is 43.4 Å². The minimum absolute atomic E-state index is 0.0888. The Morgan fingerprint density at radius 2 is 1.42 bits per heavy atom. The van der Waals surface area contributed by atoms with Crippen molar-refractivity contribution in [2.24, 2.45) is 0 Å². The van der Waals surface area contributed by atoms with Crippen molar-refractivity contribution < 1.29 is 23.5 Å². The van der Waals surface area contributed by atoms with Crippen molar-refractivity contribution in [3.63, 3.8) is 0 Å². The highest BCUT2D eigenvalue weighted by Crippen LogP contribution is 2.39. The van der Waals surface area contributed by atoms with Gasteiger partial charge in [-0.15, -0.1) is 0 Å². The number of likely N-dealkylation sites (N-methyl/N-ethyl adjacent to an activating group) is 1. The summed E-state index contributed by atoms with van der Waals surface area (Å²) in [5.74, 6) is -0.906. The van der Waals surface area contributed by atoms with Crippen molar-refractivity contribution in [1.82, 2.24) is 19.6 Å². The second kappa shape index (κ2) is 9.99. The molecular formula is C27H31FN4O4. The van der Waals surface area contributed by atoms with E-state index in [9.17, 15) is 18.8 Å². The molecule has 1 spiro atoms. The van der Waals surface area contributed by atoms with Crippen molar-refractivity contribution in [1.29, 1.82) is 0 Å². The Morgan fingerprint density at radius 3 is 2.06 bits per heavy atom. The summed E-state index contributed by atoms with van der Waals surface area (Å²) in [6.07, 6.45) is 0.788. The maximum atomic E-state index is 13.8. The van der Waals surface area contributed by atoms with E-state index in [1.165, 1.54) is 24.3 Å². The Hall–Kier alpha value is -3.30. The van der Waals surface area contributed by atoms with Crippen LogP contribution in [0.25, 0.3) is 0 Å². The lowest BCUT2D eigenvalue weighted by molar-refractivity contribution is -0.139. The van der Waals surface area contributed by atoms with Crippen molar-refractivity contribution in [2.75, 3.05) is 52.9 Å². The molecule has 0 unspecified atom stereocenters. The number of piperazine rings is 1. The summed E-state index contributed by atoms with van der Waals surface area (Å²) in [6, 6.07) is 13.7. The third-order valence-electron chi connectivity index (χ3n) is 7.52. The fourth-order valence-electron chi connectivity index (χ4n) is 5.35. The van der Waals surface area contributed by atoms with E-state index in [2.05, 4.69) is 4.90 Å². The number of carbonyl (C=O) groups excluding carboxylic acids is 3. The number of ether oxygens (including phenoxy) is 1. The van der Waals surface area contributed by atoms with Crippen LogP contribution in [-0.4, -0.2) is 102 Å². The van der Waals surface area contributed by atoms with Gasteiger partial charge < -0.3 is 19.4 Å². The summed E-state index contributed by atoms with van der Waals surface area (Å²) in [7, 11) is 2.03. The molecule has 0 aliphatic carbocycles. The van der Waals surface area contributed by atoms with Gasteiger partial charge in [0, 0.05) is 63.2 Å². The number of nitrogens with zero attached hydrogens (tertiary/aromatic N) is 4. The van der Waals surface area contributed by atoms with Crippen LogP contribution < -0.4 is 0 Å². The van der Waals surface area contributed by atoms with E-state index in [0.29, 0.717) is 50.1 Å². The molecule has 3 heterocycles. The van der Waals surface area contributed by atoms with Crippen LogP contribution >= 0.6 is 0 Å². The number of halogens is 1. The molecule has 2 aromatic carbocycles. The standard InChI is InChI=1S/C27H31FN4O4/c1-29-15-17-31(18-16-29)26(35)23-19-36-27(32(23)25(34)20-5-3-2-4-6-20)11-13-30(14-12-27)24(33)21-7-9-22(28)10-8-21/h2-10,23H,11-19H2,1H3/t23-/m1/s1. The van der Waals surface area contributed by atoms with Gasteiger partial charge in [-0.25, -0.2) is 4.39 Å². The summed E-state index contributed by atoms with van der Waals surface area (Å²) in [4.78, 5) is 47.7. The van der Waals surface area contributed by atoms with Crippen molar-refractivity contribution in [3.05, 3.63) is 71.5 Å². The largest absolute Gasteiger partial charge is 0.353 e. The molecule has 3 saturated heterocycles. The molecule has 3 aliphatic rings. The molecule has 9 heteroatoms. The number of hydrogen-bond donors (Lipinski definition) is 0. The molecule has 3 fully saturated rings. The highest BCUT2D eigenvalue weighted by molar-refractivity contribution is 5.98. The van der Waals surface area contributed by atoms with Gasteiger partial charge in [-0.1, -0.05) is 18.2 Å². The first-order valence-corrected chi connectivity index (χ1v) is 12.4. The van der Waals surface area contributed by atoms with Gasteiger partial charge in [0.2, 0.25) is 5.91 Å². The van der Waals surface area contributed by atoms with Gasteiger partial charge >= 0.3 is 0 Å². The molecule has 190 valence electrons. The minimum atomic E-state index is -0.959. The Balaban J connectivity index is 1.37. The fraction of sp³-hybridized carbons (Fsp3) is 0.444. The molecule has 3 amide bonds. The molecular weight excluding hydrogens is 463 g/mol. The average molecular weight is 495 g/mol. The van der Waals surface area contributed by atoms with Gasteiger partial charge in [-0.2, -0.15) is 0 Å². The number of piperidine rings is 1. The molecule has 0 saturated carbocycles. The smallest absolute Gasteiger partial charge is 0.256 e. The lowest BCUT2D eigenvalue weighted by atomic mass is 9.96. The number of amides is 3. The molecule has 0 aromatic heterocycles. The topological polar surface area (TPSA) is 73.4 Å². The SMILES string of the molecule is CN1CCN(C(=O)[C@H]2COC3(CCN(C(=O)c4ccc(F)cc4)CC3)N2C(=O)c2ccccc2)CC1. The molecule has 0 radical (unpaired) electrons. The Bertz CT molecular complexity index is 1110. The number of benzene rings is 2. The second-order valence-electron chi connectivity index (χ2n) is 9.74. The van der Waals surface area contributed by atoms with E-state index in [0.717, 1.165) is 13.1 Å². The van der Waals surface area contributed by atoms with E-state index in [-0.39, 0.29) is 24.3 Å². The van der Waals surface area contributed by atoms with Crippen LogP contribution in [0.5, 0.6) is 0 Å². The van der Waals surface area contributed by atoms with Gasteiger partial charge in [-0.3, -0.25) is 19.3 Å². The maximum Gasteiger partial charge on any atom is 0.256 e. The predicted octanol–water partition coefficient (Wildman–Crippen LogP) is 2.07. The molecule has 5 rings (SSSR count). The minimum Gasteiger partial charge on any atom is -0.353 e. The molecule has 36 heavy (non-hydrogen) atoms. The highest BCUT2D eigenvalue weighted by atomic mass is 19.1. The van der Waals surface area contributed by atoms with E-state index >= 15 is 0 Å². The van der Waals surface area contributed by atoms with Crippen LogP contribution in [0.15, 0.2) is 54.6 Å². The zero-order valence-electron chi connectivity index (χ0n) is 20.4. The quantitative estimate of drug-likeness (QED) is 0.653. The first kappa shape index (κ1) is 24.4. The van der Waals surface area contributed by atoms with E-state index in [1.54, 1.807) is 34.1 Å². The van der Waals surface area contributed by atoms with E-state index in [4.69, 9.17) is 4.74 Å². The Morgan fingerprint density at radius 1 is 0.806 bits per heavy atom. The third kappa shape index (κ3) is 4.60. The van der Waals surface area contributed by atoms with Crippen LogP contribution in [0.2, 0.25) is 0 Å². The Labute approximate surface area is 210 Å². The van der Waals surface area contributed by atoms with Gasteiger partial charge in [0.25, 0.3) is 11.8 Å². The molecule has 3 aliphatic heterocycles. The van der Waals surface area contributed by atoms with Crippen LogP contribution in [0.4, 0.5) is 4.39 Å². The number of hydrogen-bond acceptors (Lipinski definition) is 5. The first-order valence-electron chi connectivity index (χ1n) is 12.4. The Kier molecular flexibility index (Phi) is 6.77. The lowest BCUT2D eigenvalue weighted by Crippen LogP contribution is -2.61. The van der Waals surface area contributed by atoms with Gasteiger partial charge in [0.15, 0.2) is 0 Å². The molecule has 8 nitrogen and oxygen atoms in total. The molecule has 2 aromatic rings. The van der Waals surface area contributed by atoms with Crippen LogP contribution in [0.1, 0.15) is 33.6 Å². The third-order valence-corrected chi connectivity index (χ3v) is 7.52. The molecule has 1 atom stereocenters. The summed E-state index contributed by atoms with van der Waals surface area (Å²) in [6.45, 7) is 3.68.